The molecule has 0 spiro atoms. The van der Waals surface area contributed by atoms with Crippen molar-refractivity contribution in [3.63, 3.8) is 0 Å². The van der Waals surface area contributed by atoms with E-state index in [1.807, 2.05) is 7.11 Å². The van der Waals surface area contributed by atoms with Gasteiger partial charge >= 0.3 is 0 Å². The van der Waals surface area contributed by atoms with E-state index >= 15 is 0 Å². The molecule has 0 aromatic heterocycles. The van der Waals surface area contributed by atoms with Crippen LogP contribution in [0.2, 0.25) is 111 Å². The van der Waals surface area contributed by atoms with Crippen LogP contribution in [0.25, 0.3) is 0 Å². The lowest BCUT2D eigenvalue weighted by atomic mass is 10.4. The third-order valence-electron chi connectivity index (χ3n) is 10.9. The highest BCUT2D eigenvalue weighted by Crippen LogP contribution is 2.22. The van der Waals surface area contributed by atoms with Crippen LogP contribution < -0.4 is 31.1 Å². The number of hydrogen-bond acceptors (Lipinski definition) is 4. The summed E-state index contributed by atoms with van der Waals surface area (Å²) in [6, 6.07) is 27.4. The highest BCUT2D eigenvalue weighted by molar-refractivity contribution is 6.98. The maximum absolute atomic E-state index is 7.22. The van der Waals surface area contributed by atoms with Crippen LogP contribution in [0.5, 0.6) is 0 Å². The summed E-state index contributed by atoms with van der Waals surface area (Å²) in [7, 11) is -14.8. The first-order valence-corrected chi connectivity index (χ1v) is 43.1. The highest BCUT2D eigenvalue weighted by Gasteiger charge is 2.40. The molecular formula is C42H70O4Si8. The van der Waals surface area contributed by atoms with Crippen LogP contribution in [0.4, 0.5) is 0 Å². The number of allylic oxidation sites excluding steroid dienone is 2. The van der Waals surface area contributed by atoms with Gasteiger partial charge < -0.3 is 16.8 Å². The Morgan fingerprint density at radius 3 is 0.833 bits per heavy atom. The van der Waals surface area contributed by atoms with Gasteiger partial charge in [0.05, 0.1) is 8.07 Å². The largest absolute Gasteiger partial charge is 0.449 e. The molecule has 3 aromatic carbocycles. The van der Waals surface area contributed by atoms with Gasteiger partial charge in [0.25, 0.3) is 0 Å². The van der Waals surface area contributed by atoms with Crippen molar-refractivity contribution in [2.75, 3.05) is 7.11 Å². The third-order valence-corrected chi connectivity index (χ3v) is 38.0. The van der Waals surface area contributed by atoms with Gasteiger partial charge in [-0.05, 0) is 128 Å². The molecule has 0 heterocycles. The minimum Gasteiger partial charge on any atom is -0.449 e. The van der Waals surface area contributed by atoms with Crippen molar-refractivity contribution >= 4 is 97.4 Å². The molecule has 4 nitrogen and oxygen atoms in total. The van der Waals surface area contributed by atoms with Crippen LogP contribution in [0, 0.1) is 11.8 Å². The van der Waals surface area contributed by atoms with Crippen molar-refractivity contribution < 1.29 is 16.8 Å². The van der Waals surface area contributed by atoms with Gasteiger partial charge in [0, 0.05) is 12.3 Å². The van der Waals surface area contributed by atoms with Gasteiger partial charge in [-0.15, -0.1) is 0 Å². The van der Waals surface area contributed by atoms with E-state index in [2.05, 4.69) is 209 Å². The predicted octanol–water partition coefficient (Wildman–Crippen LogP) is 7.99. The Bertz CT molecular complexity index is 1860. The van der Waals surface area contributed by atoms with Crippen LogP contribution in [0.3, 0.4) is 0 Å². The molecule has 54 heavy (non-hydrogen) atoms. The van der Waals surface area contributed by atoms with Crippen LogP contribution >= 0.6 is 0 Å². The van der Waals surface area contributed by atoms with E-state index in [1.54, 1.807) is 0 Å². The third kappa shape index (κ3) is 11.7. The smallest absolute Gasteiger partial charge is 0.217 e. The van der Waals surface area contributed by atoms with Crippen molar-refractivity contribution in [1.29, 1.82) is 0 Å². The first kappa shape index (κ1) is 46.7. The Morgan fingerprint density at radius 2 is 0.593 bits per heavy atom. The Labute approximate surface area is 338 Å². The molecule has 0 aliphatic carbocycles. The Morgan fingerprint density at radius 1 is 0.370 bits per heavy atom. The average Bonchev–Trinajstić information content (AvgIpc) is 3.05. The molecule has 0 aliphatic rings. The normalized spacial score (nSPS) is 13.7. The van der Waals surface area contributed by atoms with Crippen molar-refractivity contribution in [3.05, 3.63) is 96.3 Å². The Hall–Kier alpha value is -1.72. The number of benzene rings is 3. The molecule has 12 heteroatoms. The SMILES string of the molecule is C=C(C#CC(=C)[Si](C)(C)O[Si](C)(C)c1ccc([Si](C)(C)O[Si](C)(C)c2ccc([Si](C)(C)O[Si](C)(C)c3ccc([Si](C)(C)OC)cc3)cc2)cc1)[Si](C)(C)C. The first-order valence-electron chi connectivity index (χ1n) is 19.3. The summed E-state index contributed by atoms with van der Waals surface area (Å²) >= 11 is 0. The molecule has 294 valence electrons. The Balaban J connectivity index is 1.73. The fraction of sp³-hybridized carbons (Fsp3) is 0.429. The standard InChI is InChI=1S/C42H70O4Si8/c1-35(47(4,5)6)21-22-36(2)48(7,8)44-50(11,12)38-27-29-40(30-28-38)52(15,16)46-54(19,20)42-33-31-41(32-34-42)53(17,18)45-51(13,14)39-25-23-37(24-26-39)49(9,10)43-3/h23-34H,1-2H2,3-20H3. The van der Waals surface area contributed by atoms with Gasteiger partial charge in [0.15, 0.2) is 0 Å². The molecule has 3 rings (SSSR count). The molecule has 0 atom stereocenters. The van der Waals surface area contributed by atoms with Gasteiger partial charge in [0.2, 0.25) is 58.2 Å². The van der Waals surface area contributed by atoms with Crippen LogP contribution in [-0.2, 0) is 16.8 Å². The van der Waals surface area contributed by atoms with Gasteiger partial charge in [-0.3, -0.25) is 0 Å². The predicted molar refractivity (Wildman–Crippen MR) is 259 cm³/mol. The zero-order chi connectivity index (χ0) is 41.3. The topological polar surface area (TPSA) is 36.9 Å². The van der Waals surface area contributed by atoms with Crippen LogP contribution in [0.15, 0.2) is 96.3 Å². The second-order valence-corrected chi connectivity index (χ2v) is 52.4. The van der Waals surface area contributed by atoms with Crippen molar-refractivity contribution in [3.8, 4) is 11.8 Å². The van der Waals surface area contributed by atoms with Crippen molar-refractivity contribution in [1.82, 2.24) is 0 Å². The lowest BCUT2D eigenvalue weighted by Gasteiger charge is -2.37. The molecule has 0 bridgehead atoms. The quantitative estimate of drug-likeness (QED) is 0.115. The maximum Gasteiger partial charge on any atom is 0.217 e. The fourth-order valence-corrected chi connectivity index (χ4v) is 31.7. The summed E-state index contributed by atoms with van der Waals surface area (Å²) in [5.41, 5.74) is 0. The molecule has 0 fully saturated rings. The van der Waals surface area contributed by atoms with Crippen LogP contribution in [-0.4, -0.2) is 73.4 Å². The second kappa shape index (κ2) is 16.6. The van der Waals surface area contributed by atoms with E-state index in [-0.39, 0.29) is 0 Å². The zero-order valence-corrected chi connectivity index (χ0v) is 45.0. The first-order chi connectivity index (χ1) is 24.4. The van der Waals surface area contributed by atoms with Crippen molar-refractivity contribution in [2.45, 2.75) is 111 Å². The summed E-state index contributed by atoms with van der Waals surface area (Å²) in [5, 5.41) is 9.85. The second-order valence-electron chi connectivity index (χ2n) is 19.3. The summed E-state index contributed by atoms with van der Waals surface area (Å²) in [6.45, 7) is 47.6. The molecule has 0 N–H and O–H groups in total. The molecule has 0 unspecified atom stereocenters. The van der Waals surface area contributed by atoms with Gasteiger partial charge in [-0.25, -0.2) is 0 Å². The van der Waals surface area contributed by atoms with E-state index in [4.69, 9.17) is 16.8 Å². The average molecular weight is 864 g/mol. The fourth-order valence-electron chi connectivity index (χ4n) is 6.70. The molecule has 0 amide bonds. The van der Waals surface area contributed by atoms with E-state index < -0.39 is 66.3 Å². The molecule has 0 saturated heterocycles. The number of hydrogen-bond donors (Lipinski definition) is 0. The summed E-state index contributed by atoms with van der Waals surface area (Å²) in [6.07, 6.45) is 0. The molecule has 0 saturated carbocycles. The van der Waals surface area contributed by atoms with E-state index in [0.29, 0.717) is 0 Å². The zero-order valence-electron chi connectivity index (χ0n) is 37.0. The van der Waals surface area contributed by atoms with E-state index in [0.717, 1.165) is 10.4 Å². The van der Waals surface area contributed by atoms with Gasteiger partial charge in [-0.2, -0.15) is 0 Å². The van der Waals surface area contributed by atoms with Crippen molar-refractivity contribution in [2.24, 2.45) is 0 Å². The minimum atomic E-state index is -2.27. The lowest BCUT2D eigenvalue weighted by molar-refractivity contribution is 0.416. The van der Waals surface area contributed by atoms with Gasteiger partial charge in [0.1, 0.15) is 0 Å². The monoisotopic (exact) mass is 862 g/mol. The highest BCUT2D eigenvalue weighted by atomic mass is 28.4. The van der Waals surface area contributed by atoms with Crippen LogP contribution in [0.1, 0.15) is 0 Å². The summed E-state index contributed by atoms with van der Waals surface area (Å²) < 4.78 is 27.2. The van der Waals surface area contributed by atoms with E-state index in [9.17, 15) is 0 Å². The summed E-state index contributed by atoms with van der Waals surface area (Å²) in [4.78, 5) is 0. The van der Waals surface area contributed by atoms with E-state index in [1.165, 1.54) is 31.1 Å². The van der Waals surface area contributed by atoms with Gasteiger partial charge in [-0.1, -0.05) is 117 Å². The molecular weight excluding hydrogens is 793 g/mol. The molecule has 0 radical (unpaired) electrons. The maximum atomic E-state index is 7.22. The Kier molecular flexibility index (Phi) is 14.4. The summed E-state index contributed by atoms with van der Waals surface area (Å²) in [5.74, 6) is 6.65. The molecule has 0 aliphatic heterocycles. The molecule has 3 aromatic rings. The minimum absolute atomic E-state index is 0.931. The lowest BCUT2D eigenvalue weighted by Crippen LogP contribution is -2.59. The number of rotatable bonds is 15.